The van der Waals surface area contributed by atoms with Crippen molar-refractivity contribution in [3.63, 3.8) is 0 Å². The maximum atomic E-state index is 12.4. The molecule has 0 saturated heterocycles. The van der Waals surface area contributed by atoms with Crippen molar-refractivity contribution in [2.24, 2.45) is 14.1 Å². The molecule has 4 rings (SSSR count). The fraction of sp³-hybridized carbons (Fsp3) is 0.190. The summed E-state index contributed by atoms with van der Waals surface area (Å²) in [5, 5.41) is 9.46. The van der Waals surface area contributed by atoms with Gasteiger partial charge < -0.3 is 14.6 Å². The van der Waals surface area contributed by atoms with Gasteiger partial charge in [0.25, 0.3) is 5.56 Å². The lowest BCUT2D eigenvalue weighted by molar-refractivity contribution is 0.425. The van der Waals surface area contributed by atoms with E-state index in [-0.39, 0.29) is 5.56 Å². The molecule has 4 aromatic rings. The Balaban J connectivity index is 1.61. The Morgan fingerprint density at radius 1 is 1.18 bits per heavy atom. The van der Waals surface area contributed by atoms with Crippen molar-refractivity contribution < 1.29 is 4.74 Å². The molecule has 0 bridgehead atoms. The summed E-state index contributed by atoms with van der Waals surface area (Å²) >= 11 is 0. The lowest BCUT2D eigenvalue weighted by Crippen LogP contribution is -2.15. The van der Waals surface area contributed by atoms with Crippen molar-refractivity contribution in [1.82, 2.24) is 19.3 Å². The number of anilines is 1. The largest absolute Gasteiger partial charge is 0.437 e. The lowest BCUT2D eigenvalue weighted by Gasteiger charge is -2.11. The van der Waals surface area contributed by atoms with Gasteiger partial charge in [0, 0.05) is 44.1 Å². The first-order valence-electron chi connectivity index (χ1n) is 8.96. The van der Waals surface area contributed by atoms with Crippen LogP contribution in [0.25, 0.3) is 10.8 Å². The molecule has 0 radical (unpaired) electrons. The predicted molar refractivity (Wildman–Crippen MR) is 109 cm³/mol. The molecular formula is C21H21N5O2. The second-order valence-electron chi connectivity index (χ2n) is 6.67. The van der Waals surface area contributed by atoms with Gasteiger partial charge in [-0.3, -0.25) is 9.78 Å². The quantitative estimate of drug-likeness (QED) is 0.579. The van der Waals surface area contributed by atoms with Crippen molar-refractivity contribution in [3.05, 3.63) is 76.6 Å². The zero-order chi connectivity index (χ0) is 19.7. The van der Waals surface area contributed by atoms with Crippen LogP contribution in [-0.4, -0.2) is 19.3 Å². The van der Waals surface area contributed by atoms with Crippen LogP contribution in [0.3, 0.4) is 0 Å². The van der Waals surface area contributed by atoms with Crippen molar-refractivity contribution in [2.75, 3.05) is 5.32 Å². The number of hydrogen-bond acceptors (Lipinski definition) is 5. The number of pyridine rings is 2. The van der Waals surface area contributed by atoms with Crippen LogP contribution < -0.4 is 15.6 Å². The fourth-order valence-electron chi connectivity index (χ4n) is 3.17. The molecule has 1 N–H and O–H groups in total. The maximum absolute atomic E-state index is 12.4. The van der Waals surface area contributed by atoms with E-state index in [4.69, 9.17) is 4.74 Å². The molecule has 0 aliphatic rings. The van der Waals surface area contributed by atoms with Gasteiger partial charge in [0.2, 0.25) is 5.88 Å². The summed E-state index contributed by atoms with van der Waals surface area (Å²) in [6.07, 6.45) is 5.14. The zero-order valence-corrected chi connectivity index (χ0v) is 16.0. The van der Waals surface area contributed by atoms with E-state index in [1.807, 2.05) is 50.4 Å². The van der Waals surface area contributed by atoms with Crippen molar-refractivity contribution in [1.29, 1.82) is 0 Å². The molecule has 7 heteroatoms. The first kappa shape index (κ1) is 17.8. The third-order valence-electron chi connectivity index (χ3n) is 4.69. The van der Waals surface area contributed by atoms with Crippen LogP contribution in [0, 0.1) is 6.92 Å². The summed E-state index contributed by atoms with van der Waals surface area (Å²) in [6, 6.07) is 11.4. The van der Waals surface area contributed by atoms with E-state index in [1.54, 1.807) is 34.9 Å². The SMILES string of the molecule is Cc1nn(C)c(Oc2cccnc2)c1CNc1ccc2ccn(C)c(=O)c2c1. The highest BCUT2D eigenvalue weighted by atomic mass is 16.5. The van der Waals surface area contributed by atoms with E-state index in [9.17, 15) is 4.79 Å². The van der Waals surface area contributed by atoms with E-state index in [0.29, 0.717) is 23.6 Å². The topological polar surface area (TPSA) is 74.0 Å². The highest BCUT2D eigenvalue weighted by Crippen LogP contribution is 2.28. The number of aromatic nitrogens is 4. The van der Waals surface area contributed by atoms with Gasteiger partial charge in [-0.05, 0) is 42.6 Å². The van der Waals surface area contributed by atoms with Crippen LogP contribution in [0.4, 0.5) is 5.69 Å². The first-order chi connectivity index (χ1) is 13.5. The van der Waals surface area contributed by atoms with Gasteiger partial charge in [0.15, 0.2) is 0 Å². The number of nitrogens with one attached hydrogen (secondary N) is 1. The Hall–Kier alpha value is -3.61. The summed E-state index contributed by atoms with van der Waals surface area (Å²) in [6.45, 7) is 2.47. The molecule has 28 heavy (non-hydrogen) atoms. The van der Waals surface area contributed by atoms with Crippen LogP contribution in [0.5, 0.6) is 11.6 Å². The molecular weight excluding hydrogens is 354 g/mol. The number of aryl methyl sites for hydroxylation is 3. The van der Waals surface area contributed by atoms with Crippen LogP contribution >= 0.6 is 0 Å². The van der Waals surface area contributed by atoms with Gasteiger partial charge in [0.05, 0.1) is 17.5 Å². The number of nitrogens with zero attached hydrogens (tertiary/aromatic N) is 4. The van der Waals surface area contributed by atoms with Gasteiger partial charge in [-0.15, -0.1) is 0 Å². The molecule has 0 amide bonds. The minimum atomic E-state index is -0.0145. The smallest absolute Gasteiger partial charge is 0.258 e. The Labute approximate surface area is 162 Å². The highest BCUT2D eigenvalue weighted by Gasteiger charge is 2.15. The molecule has 0 aliphatic carbocycles. The molecule has 0 aliphatic heterocycles. The average molecular weight is 375 g/mol. The normalized spacial score (nSPS) is 11.0. The molecule has 0 unspecified atom stereocenters. The molecule has 142 valence electrons. The summed E-state index contributed by atoms with van der Waals surface area (Å²) in [4.78, 5) is 16.4. The molecule has 3 aromatic heterocycles. The minimum absolute atomic E-state index is 0.0145. The van der Waals surface area contributed by atoms with E-state index in [0.717, 1.165) is 22.3 Å². The summed E-state index contributed by atoms with van der Waals surface area (Å²) in [5.74, 6) is 1.32. The number of ether oxygens (including phenoxy) is 1. The molecule has 3 heterocycles. The Morgan fingerprint density at radius 3 is 2.82 bits per heavy atom. The van der Waals surface area contributed by atoms with Gasteiger partial charge in [-0.25, -0.2) is 4.68 Å². The number of hydrogen-bond donors (Lipinski definition) is 1. The van der Waals surface area contributed by atoms with Gasteiger partial charge in [-0.2, -0.15) is 5.10 Å². The van der Waals surface area contributed by atoms with Crippen molar-refractivity contribution >= 4 is 16.5 Å². The number of fused-ring (bicyclic) bond motifs is 1. The molecule has 7 nitrogen and oxygen atoms in total. The standard InChI is InChI=1S/C21H21N5O2/c1-14-19(21(26(3)24-14)28-17-5-4-9-22-12-17)13-23-16-7-6-15-8-10-25(2)20(27)18(15)11-16/h4-12,23H,13H2,1-3H3. The second-order valence-corrected chi connectivity index (χ2v) is 6.67. The predicted octanol–water partition coefficient (Wildman–Crippen LogP) is 3.38. The summed E-state index contributed by atoms with van der Waals surface area (Å²) in [5.41, 5.74) is 2.68. The monoisotopic (exact) mass is 375 g/mol. The maximum Gasteiger partial charge on any atom is 0.258 e. The Kier molecular flexibility index (Phi) is 4.57. The summed E-state index contributed by atoms with van der Waals surface area (Å²) in [7, 11) is 3.60. The van der Waals surface area contributed by atoms with Gasteiger partial charge >= 0.3 is 0 Å². The fourth-order valence-corrected chi connectivity index (χ4v) is 3.17. The second kappa shape index (κ2) is 7.19. The van der Waals surface area contributed by atoms with E-state index >= 15 is 0 Å². The van der Waals surface area contributed by atoms with Crippen molar-refractivity contribution in [2.45, 2.75) is 13.5 Å². The zero-order valence-electron chi connectivity index (χ0n) is 16.0. The van der Waals surface area contributed by atoms with Crippen LogP contribution in [-0.2, 0) is 20.6 Å². The van der Waals surface area contributed by atoms with E-state index in [2.05, 4.69) is 15.4 Å². The van der Waals surface area contributed by atoms with Gasteiger partial charge in [0.1, 0.15) is 5.75 Å². The molecule has 1 aromatic carbocycles. The highest BCUT2D eigenvalue weighted by molar-refractivity contribution is 5.84. The van der Waals surface area contributed by atoms with E-state index in [1.165, 1.54) is 0 Å². The van der Waals surface area contributed by atoms with Crippen LogP contribution in [0.1, 0.15) is 11.3 Å². The third-order valence-corrected chi connectivity index (χ3v) is 4.69. The van der Waals surface area contributed by atoms with Gasteiger partial charge in [-0.1, -0.05) is 6.07 Å². The summed E-state index contributed by atoms with van der Waals surface area (Å²) < 4.78 is 9.30. The Morgan fingerprint density at radius 2 is 2.04 bits per heavy atom. The first-order valence-corrected chi connectivity index (χ1v) is 8.96. The Bertz CT molecular complexity index is 1190. The number of rotatable bonds is 5. The van der Waals surface area contributed by atoms with E-state index < -0.39 is 0 Å². The molecule has 0 saturated carbocycles. The minimum Gasteiger partial charge on any atom is -0.437 e. The third kappa shape index (κ3) is 3.34. The molecule has 0 fully saturated rings. The van der Waals surface area contributed by atoms with Crippen molar-refractivity contribution in [3.8, 4) is 11.6 Å². The molecule has 0 spiro atoms. The van der Waals surface area contributed by atoms with Crippen LogP contribution in [0.15, 0.2) is 59.8 Å². The molecule has 0 atom stereocenters. The van der Waals surface area contributed by atoms with Crippen LogP contribution in [0.2, 0.25) is 0 Å². The number of benzene rings is 1. The average Bonchev–Trinajstić information content (AvgIpc) is 2.97. The lowest BCUT2D eigenvalue weighted by atomic mass is 10.1.